The highest BCUT2D eigenvalue weighted by Gasteiger charge is 2.65. The molecule has 0 saturated heterocycles. The van der Waals surface area contributed by atoms with Crippen LogP contribution in [-0.2, 0) is 19.7 Å². The molecule has 0 radical (unpaired) electrons. The number of rotatable bonds is 2. The van der Waals surface area contributed by atoms with Crippen LogP contribution in [0, 0.1) is 16.7 Å². The number of carbonyl (C=O) groups excluding carboxylic acids is 1. The molecule has 2 bridgehead atoms. The van der Waals surface area contributed by atoms with Crippen molar-refractivity contribution in [2.24, 2.45) is 16.7 Å². The summed E-state index contributed by atoms with van der Waals surface area (Å²) in [4.78, 5) is 20.2. The van der Waals surface area contributed by atoms with Gasteiger partial charge < -0.3 is 5.11 Å². The van der Waals surface area contributed by atoms with Gasteiger partial charge in [0.1, 0.15) is 5.78 Å². The Balaban J connectivity index is 0.000000492. The highest BCUT2D eigenvalue weighted by atomic mass is 32.2. The van der Waals surface area contributed by atoms with E-state index in [0.717, 1.165) is 6.42 Å². The van der Waals surface area contributed by atoms with Crippen LogP contribution in [0.2, 0.25) is 0 Å². The van der Waals surface area contributed by atoms with Crippen LogP contribution in [0.25, 0.3) is 0 Å². The van der Waals surface area contributed by atoms with Crippen LogP contribution in [0.4, 0.5) is 0 Å². The number of hydrogen-bond acceptors (Lipinski definition) is 4. The Morgan fingerprint density at radius 3 is 2.22 bits per heavy atom. The van der Waals surface area contributed by atoms with E-state index in [9.17, 15) is 13.2 Å². The van der Waals surface area contributed by atoms with Crippen molar-refractivity contribution < 1.29 is 27.7 Å². The smallest absolute Gasteiger partial charge is 0.290 e. The molecule has 2 rings (SSSR count). The van der Waals surface area contributed by atoms with Crippen molar-refractivity contribution in [1.29, 1.82) is 0 Å². The highest BCUT2D eigenvalue weighted by Crippen LogP contribution is 2.64. The summed E-state index contributed by atoms with van der Waals surface area (Å²) in [7, 11) is -4.08. The lowest BCUT2D eigenvalue weighted by molar-refractivity contribution is -0.128. The quantitative estimate of drug-likeness (QED) is 0.575. The van der Waals surface area contributed by atoms with Gasteiger partial charge in [0.25, 0.3) is 16.6 Å². The summed E-state index contributed by atoms with van der Waals surface area (Å²) < 4.78 is 31.0. The molecule has 0 heterocycles. The maximum absolute atomic E-state index is 11.9. The summed E-state index contributed by atoms with van der Waals surface area (Å²) in [6.45, 7) is 3.64. The fourth-order valence-electron chi connectivity index (χ4n) is 3.42. The zero-order chi connectivity index (χ0) is 14.2. The molecule has 0 aromatic heterocycles. The Kier molecular flexibility index (Phi) is 3.88. The third-order valence-corrected chi connectivity index (χ3v) is 5.43. The van der Waals surface area contributed by atoms with Crippen LogP contribution < -0.4 is 0 Å². The molecule has 7 heteroatoms. The molecule has 0 aliphatic heterocycles. The van der Waals surface area contributed by atoms with Crippen molar-refractivity contribution in [2.45, 2.75) is 33.1 Å². The number of hydrogen-bond donors (Lipinski definition) is 2. The van der Waals surface area contributed by atoms with Crippen molar-refractivity contribution in [3.8, 4) is 0 Å². The summed E-state index contributed by atoms with van der Waals surface area (Å²) in [6, 6.07) is 0. The molecular formula is C11H18O6S. The number of Topliss-reactive ketones (excluding diaryl/α,β-unsaturated/α-hetero) is 1. The summed E-state index contributed by atoms with van der Waals surface area (Å²) in [5, 5.41) is 6.89. The predicted octanol–water partition coefficient (Wildman–Crippen LogP) is 0.970. The van der Waals surface area contributed by atoms with Gasteiger partial charge in [-0.25, -0.2) is 0 Å². The molecule has 0 aromatic rings. The minimum absolute atomic E-state index is 0.0152. The maximum atomic E-state index is 11.9. The van der Waals surface area contributed by atoms with Crippen LogP contribution in [0.5, 0.6) is 0 Å². The first-order chi connectivity index (χ1) is 8.10. The van der Waals surface area contributed by atoms with Gasteiger partial charge in [-0.1, -0.05) is 13.8 Å². The average Bonchev–Trinajstić information content (AvgIpc) is 2.50. The fourth-order valence-corrected chi connectivity index (χ4v) is 4.72. The average molecular weight is 278 g/mol. The normalized spacial score (nSPS) is 32.8. The first kappa shape index (κ1) is 15.1. The minimum Gasteiger partial charge on any atom is -0.483 e. The molecule has 18 heavy (non-hydrogen) atoms. The lowest BCUT2D eigenvalue weighted by Gasteiger charge is -2.35. The van der Waals surface area contributed by atoms with Gasteiger partial charge in [-0.3, -0.25) is 14.1 Å². The summed E-state index contributed by atoms with van der Waals surface area (Å²) in [5.41, 5.74) is -1.12. The SMILES string of the molecule is CC1(C)C2CCC1(CS(=O)(=O)O)C(=O)C2.O=CO. The van der Waals surface area contributed by atoms with Crippen LogP contribution in [-0.4, -0.2) is 36.1 Å². The molecule has 2 unspecified atom stereocenters. The highest BCUT2D eigenvalue weighted by molar-refractivity contribution is 7.85. The topological polar surface area (TPSA) is 109 Å². The van der Waals surface area contributed by atoms with E-state index in [1.165, 1.54) is 0 Å². The molecule has 2 aliphatic rings. The molecule has 6 nitrogen and oxygen atoms in total. The van der Waals surface area contributed by atoms with E-state index in [1.54, 1.807) is 0 Å². The van der Waals surface area contributed by atoms with Crippen molar-refractivity contribution in [1.82, 2.24) is 0 Å². The maximum Gasteiger partial charge on any atom is 0.290 e. The Labute approximate surface area is 106 Å². The number of fused-ring (bicyclic) bond motifs is 2. The number of carbonyl (C=O) groups is 2. The van der Waals surface area contributed by atoms with Crippen molar-refractivity contribution >= 4 is 22.4 Å². The number of carboxylic acid groups (broad SMARTS) is 1. The summed E-state index contributed by atoms with van der Waals surface area (Å²) in [5.74, 6) is -0.101. The van der Waals surface area contributed by atoms with Crippen molar-refractivity contribution in [3.63, 3.8) is 0 Å². The zero-order valence-electron chi connectivity index (χ0n) is 10.4. The van der Waals surface area contributed by atoms with Gasteiger partial charge in [0.2, 0.25) is 0 Å². The van der Waals surface area contributed by atoms with Gasteiger partial charge in [0, 0.05) is 6.42 Å². The molecule has 2 N–H and O–H groups in total. The van der Waals surface area contributed by atoms with E-state index in [4.69, 9.17) is 14.5 Å². The molecular weight excluding hydrogens is 260 g/mol. The van der Waals surface area contributed by atoms with E-state index in [0.29, 0.717) is 12.8 Å². The lowest BCUT2D eigenvalue weighted by Crippen LogP contribution is -2.42. The van der Waals surface area contributed by atoms with Gasteiger partial charge in [0.15, 0.2) is 0 Å². The van der Waals surface area contributed by atoms with Crippen LogP contribution in [0.15, 0.2) is 0 Å². The van der Waals surface area contributed by atoms with Gasteiger partial charge in [-0.05, 0) is 24.2 Å². The Morgan fingerprint density at radius 1 is 1.44 bits per heavy atom. The van der Waals surface area contributed by atoms with Crippen LogP contribution in [0.1, 0.15) is 33.1 Å². The second-order valence-corrected chi connectivity index (χ2v) is 6.95. The first-order valence-electron chi connectivity index (χ1n) is 5.67. The number of ketones is 1. The molecule has 2 saturated carbocycles. The molecule has 0 spiro atoms. The molecule has 2 aliphatic carbocycles. The summed E-state index contributed by atoms with van der Waals surface area (Å²) in [6.07, 6.45) is 1.97. The van der Waals surface area contributed by atoms with E-state index in [1.807, 2.05) is 13.8 Å². The monoisotopic (exact) mass is 278 g/mol. The largest absolute Gasteiger partial charge is 0.483 e. The van der Waals surface area contributed by atoms with Gasteiger partial charge in [-0.15, -0.1) is 0 Å². The minimum atomic E-state index is -4.08. The third kappa shape index (κ3) is 2.29. The van der Waals surface area contributed by atoms with Crippen LogP contribution in [0.3, 0.4) is 0 Å². The van der Waals surface area contributed by atoms with Gasteiger partial charge in [-0.2, -0.15) is 8.42 Å². The second-order valence-electron chi connectivity index (χ2n) is 5.50. The Bertz CT molecular complexity index is 452. The van der Waals surface area contributed by atoms with E-state index >= 15 is 0 Å². The summed E-state index contributed by atoms with van der Waals surface area (Å²) >= 11 is 0. The van der Waals surface area contributed by atoms with Crippen LogP contribution >= 0.6 is 0 Å². The Hall–Kier alpha value is -0.950. The third-order valence-electron chi connectivity index (χ3n) is 4.57. The molecule has 0 aromatic carbocycles. The van der Waals surface area contributed by atoms with E-state index in [2.05, 4.69) is 0 Å². The fraction of sp³-hybridized carbons (Fsp3) is 0.818. The molecule has 2 fully saturated rings. The van der Waals surface area contributed by atoms with Gasteiger partial charge in [0.05, 0.1) is 11.2 Å². The van der Waals surface area contributed by atoms with Crippen molar-refractivity contribution in [2.75, 3.05) is 5.75 Å². The second kappa shape index (κ2) is 4.62. The molecule has 2 atom stereocenters. The zero-order valence-corrected chi connectivity index (χ0v) is 11.2. The first-order valence-corrected chi connectivity index (χ1v) is 7.28. The Morgan fingerprint density at radius 2 is 1.94 bits per heavy atom. The standard InChI is InChI=1S/C10H16O4S.CH2O2/c1-9(2)7-3-4-10(9,8(11)5-7)6-15(12,13)14;2-1-3/h7H,3-6H2,1-2H3,(H,12,13,14);1H,(H,2,3). The lowest BCUT2D eigenvalue weighted by atomic mass is 9.70. The molecule has 104 valence electrons. The predicted molar refractivity (Wildman–Crippen MR) is 63.7 cm³/mol. The van der Waals surface area contributed by atoms with E-state index < -0.39 is 21.3 Å². The van der Waals surface area contributed by atoms with Crippen molar-refractivity contribution in [3.05, 3.63) is 0 Å². The van der Waals surface area contributed by atoms with E-state index in [-0.39, 0.29) is 23.6 Å². The molecule has 0 amide bonds. The van der Waals surface area contributed by atoms with Gasteiger partial charge >= 0.3 is 0 Å².